The van der Waals surface area contributed by atoms with Crippen molar-refractivity contribution in [2.75, 3.05) is 13.1 Å². The first kappa shape index (κ1) is 16.5. The first-order valence-electron chi connectivity index (χ1n) is 7.88. The van der Waals surface area contributed by atoms with E-state index in [0.717, 1.165) is 25.3 Å². The molecule has 0 aromatic heterocycles. The van der Waals surface area contributed by atoms with Gasteiger partial charge in [0.25, 0.3) is 0 Å². The summed E-state index contributed by atoms with van der Waals surface area (Å²) in [6.45, 7) is 5.54. The molecule has 1 aromatic rings. The number of rotatable bonds is 9. The fourth-order valence-electron chi connectivity index (χ4n) is 2.54. The Bertz CT molecular complexity index is 536. The molecule has 0 saturated heterocycles. The Morgan fingerprint density at radius 2 is 1.86 bits per heavy atom. The summed E-state index contributed by atoms with van der Waals surface area (Å²) in [4.78, 5) is 0.353. The minimum Gasteiger partial charge on any atom is -0.314 e. The summed E-state index contributed by atoms with van der Waals surface area (Å²) in [5.41, 5.74) is 1.20. The fourth-order valence-corrected chi connectivity index (χ4v) is 3.68. The molecule has 0 bridgehead atoms. The summed E-state index contributed by atoms with van der Waals surface area (Å²) in [6.07, 6.45) is 4.39. The summed E-state index contributed by atoms with van der Waals surface area (Å²) >= 11 is 0. The topological polar surface area (TPSA) is 58.2 Å². The monoisotopic (exact) mass is 310 g/mol. The molecule has 2 rings (SSSR count). The summed E-state index contributed by atoms with van der Waals surface area (Å²) < 4.78 is 26.6. The normalized spacial score (nSPS) is 16.9. The van der Waals surface area contributed by atoms with Crippen LogP contribution in [-0.4, -0.2) is 27.5 Å². The van der Waals surface area contributed by atoms with Crippen LogP contribution in [0.25, 0.3) is 0 Å². The van der Waals surface area contributed by atoms with Gasteiger partial charge in [-0.1, -0.05) is 26.0 Å². The van der Waals surface area contributed by atoms with Crippen molar-refractivity contribution in [1.29, 1.82) is 0 Å². The number of likely N-dealkylation sites (N-methyl/N-ethyl adjacent to an activating group) is 1. The quantitative estimate of drug-likeness (QED) is 0.736. The second-order valence-corrected chi connectivity index (χ2v) is 7.51. The van der Waals surface area contributed by atoms with Crippen LogP contribution < -0.4 is 10.0 Å². The predicted octanol–water partition coefficient (Wildman–Crippen LogP) is 2.31. The molecule has 1 aliphatic rings. The zero-order valence-corrected chi connectivity index (χ0v) is 13.7. The van der Waals surface area contributed by atoms with Gasteiger partial charge in [-0.25, -0.2) is 13.1 Å². The Hall–Kier alpha value is -0.910. The molecular weight excluding hydrogens is 284 g/mol. The minimum absolute atomic E-state index is 0.353. The first-order valence-corrected chi connectivity index (χ1v) is 9.37. The van der Waals surface area contributed by atoms with E-state index in [4.69, 9.17) is 0 Å². The van der Waals surface area contributed by atoms with Crippen molar-refractivity contribution < 1.29 is 8.42 Å². The molecule has 2 N–H and O–H groups in total. The summed E-state index contributed by atoms with van der Waals surface area (Å²) in [5.74, 6) is 0.791. The largest absolute Gasteiger partial charge is 0.314 e. The molecule has 0 amide bonds. The molecule has 4 nitrogen and oxygen atoms in total. The highest BCUT2D eigenvalue weighted by Crippen LogP contribution is 2.34. The van der Waals surface area contributed by atoms with Gasteiger partial charge in [0, 0.05) is 12.6 Å². The molecule has 1 aromatic carbocycles. The van der Waals surface area contributed by atoms with Crippen molar-refractivity contribution in [2.45, 2.75) is 50.5 Å². The lowest BCUT2D eigenvalue weighted by molar-refractivity contribution is 0.472. The molecule has 0 spiro atoms. The second-order valence-electron chi connectivity index (χ2n) is 5.75. The smallest absolute Gasteiger partial charge is 0.240 e. The van der Waals surface area contributed by atoms with Gasteiger partial charge in [0.15, 0.2) is 0 Å². The highest BCUT2D eigenvalue weighted by molar-refractivity contribution is 7.89. The maximum Gasteiger partial charge on any atom is 0.240 e. The van der Waals surface area contributed by atoms with Gasteiger partial charge in [-0.2, -0.15) is 0 Å². The Morgan fingerprint density at radius 3 is 2.38 bits per heavy atom. The van der Waals surface area contributed by atoms with E-state index in [-0.39, 0.29) is 0 Å². The highest BCUT2D eigenvalue weighted by atomic mass is 32.2. The zero-order valence-electron chi connectivity index (χ0n) is 12.9. The van der Waals surface area contributed by atoms with E-state index in [1.54, 1.807) is 12.1 Å². The van der Waals surface area contributed by atoms with E-state index in [1.165, 1.54) is 18.4 Å². The third-order valence-electron chi connectivity index (χ3n) is 3.89. The van der Waals surface area contributed by atoms with E-state index in [0.29, 0.717) is 17.5 Å². The molecule has 1 saturated carbocycles. The Morgan fingerprint density at radius 1 is 1.19 bits per heavy atom. The van der Waals surface area contributed by atoms with Gasteiger partial charge in [-0.15, -0.1) is 0 Å². The van der Waals surface area contributed by atoms with E-state index in [2.05, 4.69) is 17.0 Å². The van der Waals surface area contributed by atoms with Gasteiger partial charge in [-0.05, 0) is 55.8 Å². The third-order valence-corrected chi connectivity index (χ3v) is 5.37. The average molecular weight is 310 g/mol. The van der Waals surface area contributed by atoms with Crippen LogP contribution in [0.4, 0.5) is 0 Å². The van der Waals surface area contributed by atoms with E-state index >= 15 is 0 Å². The number of sulfonamides is 1. The van der Waals surface area contributed by atoms with Crippen LogP contribution in [0.3, 0.4) is 0 Å². The Kier molecular flexibility index (Phi) is 5.79. The second kappa shape index (κ2) is 7.38. The number of hydrogen-bond acceptors (Lipinski definition) is 3. The molecule has 1 aliphatic carbocycles. The zero-order chi connectivity index (χ0) is 15.3. The molecule has 0 radical (unpaired) electrons. The van der Waals surface area contributed by atoms with Gasteiger partial charge >= 0.3 is 0 Å². The highest BCUT2D eigenvalue weighted by Gasteiger charge is 2.30. The van der Waals surface area contributed by atoms with Crippen LogP contribution >= 0.6 is 0 Å². The average Bonchev–Trinajstić information content (AvgIpc) is 3.30. The van der Waals surface area contributed by atoms with Crippen molar-refractivity contribution in [1.82, 2.24) is 10.0 Å². The fraction of sp³-hybridized carbons (Fsp3) is 0.625. The predicted molar refractivity (Wildman–Crippen MR) is 85.8 cm³/mol. The lowest BCUT2D eigenvalue weighted by Gasteiger charge is -2.17. The summed E-state index contributed by atoms with van der Waals surface area (Å²) in [6, 6.07) is 7.82. The number of nitrogens with one attached hydrogen (secondary N) is 2. The third kappa shape index (κ3) is 4.80. The van der Waals surface area contributed by atoms with Crippen molar-refractivity contribution in [3.8, 4) is 0 Å². The number of hydrogen-bond donors (Lipinski definition) is 2. The van der Waals surface area contributed by atoms with E-state index in [9.17, 15) is 8.42 Å². The molecule has 21 heavy (non-hydrogen) atoms. The van der Waals surface area contributed by atoms with Crippen LogP contribution in [0, 0.1) is 5.92 Å². The molecule has 118 valence electrons. The van der Waals surface area contributed by atoms with Crippen molar-refractivity contribution in [3.05, 3.63) is 29.8 Å². The molecule has 0 aliphatic heterocycles. The molecule has 1 unspecified atom stereocenters. The number of benzene rings is 1. The van der Waals surface area contributed by atoms with Crippen LogP contribution in [0.2, 0.25) is 0 Å². The van der Waals surface area contributed by atoms with Gasteiger partial charge in [-0.3, -0.25) is 0 Å². The summed E-state index contributed by atoms with van der Waals surface area (Å²) in [7, 11) is -3.35. The first-order chi connectivity index (χ1) is 10.1. The minimum atomic E-state index is -3.35. The van der Waals surface area contributed by atoms with Gasteiger partial charge in [0.2, 0.25) is 10.0 Å². The molecular formula is C16H26N2O2S. The molecule has 0 heterocycles. The lowest BCUT2D eigenvalue weighted by Crippen LogP contribution is -2.32. The van der Waals surface area contributed by atoms with Gasteiger partial charge in [0.1, 0.15) is 0 Å². The van der Waals surface area contributed by atoms with Gasteiger partial charge in [0.05, 0.1) is 4.90 Å². The maximum absolute atomic E-state index is 12.0. The molecule has 1 atom stereocenters. The van der Waals surface area contributed by atoms with Crippen molar-refractivity contribution >= 4 is 10.0 Å². The summed E-state index contributed by atoms with van der Waals surface area (Å²) in [5, 5.41) is 3.54. The Balaban J connectivity index is 2.01. The van der Waals surface area contributed by atoms with Crippen molar-refractivity contribution in [3.63, 3.8) is 0 Å². The standard InChI is InChI=1S/C16H26N2O2S/c1-3-11-18-21(19,20)15-9-5-13(6-10-15)12-16(17-4-2)14-7-8-14/h5-6,9-10,14,16-18H,3-4,7-8,11-12H2,1-2H3. The Labute approximate surface area is 128 Å². The molecule has 1 fully saturated rings. The maximum atomic E-state index is 12.0. The van der Waals surface area contributed by atoms with Crippen LogP contribution in [-0.2, 0) is 16.4 Å². The van der Waals surface area contributed by atoms with Crippen LogP contribution in [0.5, 0.6) is 0 Å². The van der Waals surface area contributed by atoms with Crippen LogP contribution in [0.15, 0.2) is 29.2 Å². The van der Waals surface area contributed by atoms with E-state index in [1.807, 2.05) is 19.1 Å². The van der Waals surface area contributed by atoms with E-state index < -0.39 is 10.0 Å². The lowest BCUT2D eigenvalue weighted by atomic mass is 10.0. The van der Waals surface area contributed by atoms with Crippen LogP contribution in [0.1, 0.15) is 38.7 Å². The van der Waals surface area contributed by atoms with Gasteiger partial charge < -0.3 is 5.32 Å². The SMILES string of the molecule is CCCNS(=O)(=O)c1ccc(CC(NCC)C2CC2)cc1. The molecule has 5 heteroatoms. The van der Waals surface area contributed by atoms with Crippen molar-refractivity contribution in [2.24, 2.45) is 5.92 Å².